The average Bonchev–Trinajstić information content (AvgIpc) is 2.36. The molecule has 130 valence electrons. The van der Waals surface area contributed by atoms with Gasteiger partial charge in [-0.3, -0.25) is 4.79 Å². The molecule has 0 unspecified atom stereocenters. The molecule has 0 heterocycles. The molecule has 0 aromatic heterocycles. The molecule has 0 atom stereocenters. The van der Waals surface area contributed by atoms with E-state index in [9.17, 15) is 4.79 Å². The zero-order valence-corrected chi connectivity index (χ0v) is 17.2. The van der Waals surface area contributed by atoms with Crippen LogP contribution < -0.4 is 4.43 Å². The Bertz CT molecular complexity index is 537. The van der Waals surface area contributed by atoms with E-state index in [1.807, 2.05) is 29.2 Å². The van der Waals surface area contributed by atoms with Crippen molar-refractivity contribution in [3.63, 3.8) is 0 Å². The van der Waals surface area contributed by atoms with Gasteiger partial charge in [0.25, 0.3) is 14.2 Å². The lowest BCUT2D eigenvalue weighted by Crippen LogP contribution is -2.45. The van der Waals surface area contributed by atoms with Crippen LogP contribution in [0.5, 0.6) is 5.75 Å². The molecule has 0 saturated carbocycles. The molecule has 1 amide bonds. The zero-order valence-electron chi connectivity index (χ0n) is 16.2. The van der Waals surface area contributed by atoms with Gasteiger partial charge in [0.1, 0.15) is 5.75 Å². The Kier molecular flexibility index (Phi) is 6.08. The van der Waals surface area contributed by atoms with E-state index in [2.05, 4.69) is 61.6 Å². The van der Waals surface area contributed by atoms with E-state index in [0.717, 1.165) is 5.75 Å². The Labute approximate surface area is 143 Å². The van der Waals surface area contributed by atoms with Crippen LogP contribution in [0, 0.1) is 0 Å². The molecule has 1 aromatic rings. The van der Waals surface area contributed by atoms with Gasteiger partial charge in [0.05, 0.1) is 5.56 Å². The van der Waals surface area contributed by atoms with Crippen LogP contribution in [0.3, 0.4) is 0 Å². The standard InChI is InChI=1S/C19H33NO2Si/c1-14(2)20(15(3)4)18(21)16-12-10-11-13-17(16)22-23(8,9)19(5,6)7/h10-15H,1-9H3. The summed E-state index contributed by atoms with van der Waals surface area (Å²) in [7, 11) is -1.98. The molecular weight excluding hydrogens is 302 g/mol. The van der Waals surface area contributed by atoms with Crippen LogP contribution in [-0.4, -0.2) is 31.2 Å². The lowest BCUT2D eigenvalue weighted by atomic mass is 10.1. The quantitative estimate of drug-likeness (QED) is 0.681. The smallest absolute Gasteiger partial charge is 0.258 e. The van der Waals surface area contributed by atoms with Crippen molar-refractivity contribution in [2.45, 2.75) is 78.7 Å². The maximum Gasteiger partial charge on any atom is 0.258 e. The van der Waals surface area contributed by atoms with Crippen molar-refractivity contribution < 1.29 is 9.22 Å². The molecule has 23 heavy (non-hydrogen) atoms. The zero-order chi connectivity index (χ0) is 18.0. The first-order chi connectivity index (χ1) is 10.4. The summed E-state index contributed by atoms with van der Waals surface area (Å²) in [6.07, 6.45) is 0. The third-order valence-electron chi connectivity index (χ3n) is 4.64. The molecule has 0 N–H and O–H groups in total. The van der Waals surface area contributed by atoms with Gasteiger partial charge in [-0.2, -0.15) is 0 Å². The van der Waals surface area contributed by atoms with Crippen LogP contribution >= 0.6 is 0 Å². The molecule has 0 spiro atoms. The molecule has 4 heteroatoms. The van der Waals surface area contributed by atoms with Crippen molar-refractivity contribution in [1.29, 1.82) is 0 Å². The summed E-state index contributed by atoms with van der Waals surface area (Å²) in [6.45, 7) is 19.2. The SMILES string of the molecule is CC(C)N(C(=O)c1ccccc1O[Si](C)(C)C(C)(C)C)C(C)C. The first-order valence-corrected chi connectivity index (χ1v) is 11.4. The Hall–Kier alpha value is -1.29. The first-order valence-electron chi connectivity index (χ1n) is 8.49. The second-order valence-corrected chi connectivity index (χ2v) is 13.0. The number of nitrogens with zero attached hydrogens (tertiary/aromatic N) is 1. The van der Waals surface area contributed by atoms with Gasteiger partial charge in [-0.1, -0.05) is 32.9 Å². The molecule has 0 bridgehead atoms. The number of benzene rings is 1. The van der Waals surface area contributed by atoms with E-state index in [0.29, 0.717) is 5.56 Å². The lowest BCUT2D eigenvalue weighted by molar-refractivity contribution is 0.0641. The van der Waals surface area contributed by atoms with Gasteiger partial charge < -0.3 is 9.33 Å². The summed E-state index contributed by atoms with van der Waals surface area (Å²) in [5.41, 5.74) is 0.666. The topological polar surface area (TPSA) is 29.5 Å². The monoisotopic (exact) mass is 335 g/mol. The maximum atomic E-state index is 13.0. The van der Waals surface area contributed by atoms with Gasteiger partial charge in [0.15, 0.2) is 0 Å². The third-order valence-corrected chi connectivity index (χ3v) is 8.98. The summed E-state index contributed by atoms with van der Waals surface area (Å²) in [4.78, 5) is 15.0. The largest absolute Gasteiger partial charge is 0.543 e. The Morgan fingerprint density at radius 3 is 1.96 bits per heavy atom. The van der Waals surface area contributed by atoms with Gasteiger partial charge in [0, 0.05) is 12.1 Å². The number of amides is 1. The third kappa shape index (κ3) is 4.60. The Morgan fingerprint density at radius 2 is 1.52 bits per heavy atom. The van der Waals surface area contributed by atoms with E-state index < -0.39 is 8.32 Å². The van der Waals surface area contributed by atoms with Crippen molar-refractivity contribution in [2.24, 2.45) is 0 Å². The molecule has 0 aliphatic carbocycles. The fourth-order valence-corrected chi connectivity index (χ4v) is 3.40. The van der Waals surface area contributed by atoms with Crippen molar-refractivity contribution in [1.82, 2.24) is 4.90 Å². The van der Waals surface area contributed by atoms with Gasteiger partial charge in [0.2, 0.25) is 0 Å². The minimum atomic E-state index is -1.98. The molecule has 1 aromatic carbocycles. The van der Waals surface area contributed by atoms with Crippen molar-refractivity contribution >= 4 is 14.2 Å². The Morgan fingerprint density at radius 1 is 1.04 bits per heavy atom. The van der Waals surface area contributed by atoms with E-state index in [4.69, 9.17) is 4.43 Å². The minimum absolute atomic E-state index is 0.0457. The second-order valence-electron chi connectivity index (χ2n) is 8.26. The summed E-state index contributed by atoms with van der Waals surface area (Å²) in [5, 5.41) is 0.0962. The average molecular weight is 336 g/mol. The molecule has 3 nitrogen and oxygen atoms in total. The van der Waals surface area contributed by atoms with Crippen LogP contribution in [0.4, 0.5) is 0 Å². The summed E-state index contributed by atoms with van der Waals surface area (Å²) < 4.78 is 6.42. The van der Waals surface area contributed by atoms with Crippen LogP contribution in [-0.2, 0) is 0 Å². The molecule has 0 radical (unpaired) electrons. The maximum absolute atomic E-state index is 13.0. The van der Waals surface area contributed by atoms with Crippen molar-refractivity contribution in [3.05, 3.63) is 29.8 Å². The van der Waals surface area contributed by atoms with Gasteiger partial charge >= 0.3 is 0 Å². The van der Waals surface area contributed by atoms with Crippen LogP contribution in [0.15, 0.2) is 24.3 Å². The van der Waals surface area contributed by atoms with E-state index >= 15 is 0 Å². The molecule has 0 saturated heterocycles. The number of hydrogen-bond acceptors (Lipinski definition) is 2. The highest BCUT2D eigenvalue weighted by molar-refractivity contribution is 6.74. The number of carbonyl (C=O) groups is 1. The molecule has 0 aliphatic rings. The fraction of sp³-hybridized carbons (Fsp3) is 0.632. The number of para-hydroxylation sites is 1. The fourth-order valence-electron chi connectivity index (χ4n) is 2.36. The number of rotatable bonds is 5. The summed E-state index contributed by atoms with van der Waals surface area (Å²) in [5.74, 6) is 0.764. The molecular formula is C19H33NO2Si. The van der Waals surface area contributed by atoms with Crippen molar-refractivity contribution in [3.8, 4) is 5.75 Å². The predicted octanol–water partition coefficient (Wildman–Crippen LogP) is 5.33. The minimum Gasteiger partial charge on any atom is -0.543 e. The van der Waals surface area contributed by atoms with Crippen LogP contribution in [0.2, 0.25) is 18.1 Å². The van der Waals surface area contributed by atoms with Crippen molar-refractivity contribution in [2.75, 3.05) is 0 Å². The van der Waals surface area contributed by atoms with Gasteiger partial charge in [-0.25, -0.2) is 0 Å². The van der Waals surface area contributed by atoms with E-state index in [1.54, 1.807) is 0 Å². The van der Waals surface area contributed by atoms with Gasteiger partial charge in [-0.15, -0.1) is 0 Å². The molecule has 1 rings (SSSR count). The predicted molar refractivity (Wildman–Crippen MR) is 101 cm³/mol. The van der Waals surface area contributed by atoms with Crippen LogP contribution in [0.1, 0.15) is 58.8 Å². The number of carbonyl (C=O) groups excluding carboxylic acids is 1. The van der Waals surface area contributed by atoms with Gasteiger partial charge in [-0.05, 0) is 58.0 Å². The second kappa shape index (κ2) is 7.08. The Balaban J connectivity index is 3.23. The highest BCUT2D eigenvalue weighted by atomic mass is 28.4. The first kappa shape index (κ1) is 19.8. The van der Waals surface area contributed by atoms with E-state index in [1.165, 1.54) is 0 Å². The normalized spacial score (nSPS) is 12.7. The number of hydrogen-bond donors (Lipinski definition) is 0. The lowest BCUT2D eigenvalue weighted by Gasteiger charge is -2.37. The molecule has 0 fully saturated rings. The highest BCUT2D eigenvalue weighted by Crippen LogP contribution is 2.38. The summed E-state index contributed by atoms with van der Waals surface area (Å²) >= 11 is 0. The summed E-state index contributed by atoms with van der Waals surface area (Å²) in [6, 6.07) is 7.96. The molecule has 0 aliphatic heterocycles. The van der Waals surface area contributed by atoms with E-state index in [-0.39, 0.29) is 23.0 Å². The van der Waals surface area contributed by atoms with Crippen LogP contribution in [0.25, 0.3) is 0 Å². The highest BCUT2D eigenvalue weighted by Gasteiger charge is 2.40.